The molecular formula is C12H17N3O3. The summed E-state index contributed by atoms with van der Waals surface area (Å²) in [4.78, 5) is 21.7. The number of hydrogen-bond acceptors (Lipinski definition) is 5. The Bertz CT molecular complexity index is 442. The lowest BCUT2D eigenvalue weighted by Gasteiger charge is -2.29. The predicted octanol–water partition coefficient (Wildman–Crippen LogP) is 1.13. The highest BCUT2D eigenvalue weighted by Crippen LogP contribution is 2.21. The Morgan fingerprint density at radius 3 is 2.67 bits per heavy atom. The molecule has 0 aromatic carbocycles. The second kappa shape index (κ2) is 5.30. The zero-order valence-electron chi connectivity index (χ0n) is 10.6. The summed E-state index contributed by atoms with van der Waals surface area (Å²) in [5, 5.41) is 9.19. The van der Waals surface area contributed by atoms with Crippen molar-refractivity contribution in [3.8, 4) is 0 Å². The second-order valence-corrected chi connectivity index (χ2v) is 4.52. The highest BCUT2D eigenvalue weighted by molar-refractivity contribution is 5.93. The van der Waals surface area contributed by atoms with Gasteiger partial charge in [-0.3, -0.25) is 0 Å². The largest absolute Gasteiger partial charge is 0.477 e. The third-order valence-electron chi connectivity index (χ3n) is 2.84. The van der Waals surface area contributed by atoms with Crippen LogP contribution in [0.15, 0.2) is 6.20 Å². The maximum atomic E-state index is 11.2. The maximum Gasteiger partial charge on any atom is 0.341 e. The molecule has 0 bridgehead atoms. The molecule has 2 rings (SSSR count). The Labute approximate surface area is 106 Å². The van der Waals surface area contributed by atoms with Crippen LogP contribution in [0.1, 0.15) is 35.9 Å². The zero-order valence-corrected chi connectivity index (χ0v) is 10.6. The van der Waals surface area contributed by atoms with Crippen molar-refractivity contribution in [1.82, 2.24) is 9.97 Å². The van der Waals surface area contributed by atoms with Crippen molar-refractivity contribution in [2.24, 2.45) is 0 Å². The molecule has 0 saturated carbocycles. The first kappa shape index (κ1) is 12.8. The Morgan fingerprint density at radius 2 is 2.11 bits per heavy atom. The molecule has 1 aromatic rings. The maximum absolute atomic E-state index is 11.2. The molecule has 1 saturated heterocycles. The molecule has 1 aliphatic heterocycles. The molecule has 1 fully saturated rings. The molecule has 0 atom stereocenters. The molecule has 0 radical (unpaired) electrons. The van der Waals surface area contributed by atoms with E-state index in [4.69, 9.17) is 4.74 Å². The van der Waals surface area contributed by atoms with E-state index in [2.05, 4.69) is 9.97 Å². The first-order valence-electron chi connectivity index (χ1n) is 6.02. The van der Waals surface area contributed by atoms with Gasteiger partial charge in [0.25, 0.3) is 0 Å². The standard InChI is InChI=1S/C12H17N3O3/c1-8(2)10-13-7-9(12(16)17)11(14-10)15-3-5-18-6-4-15/h7-8H,3-6H2,1-2H3,(H,16,17). The van der Waals surface area contributed by atoms with Crippen LogP contribution in [0.5, 0.6) is 0 Å². The Morgan fingerprint density at radius 1 is 1.44 bits per heavy atom. The predicted molar refractivity (Wildman–Crippen MR) is 66.1 cm³/mol. The molecule has 2 heterocycles. The van der Waals surface area contributed by atoms with Crippen LogP contribution in [0, 0.1) is 0 Å². The summed E-state index contributed by atoms with van der Waals surface area (Å²) in [7, 11) is 0. The summed E-state index contributed by atoms with van der Waals surface area (Å²) in [5.41, 5.74) is 0.154. The van der Waals surface area contributed by atoms with E-state index in [0.717, 1.165) is 0 Å². The van der Waals surface area contributed by atoms with Crippen LogP contribution >= 0.6 is 0 Å². The molecule has 18 heavy (non-hydrogen) atoms. The summed E-state index contributed by atoms with van der Waals surface area (Å²) in [5.74, 6) is 0.352. The van der Waals surface area contributed by atoms with Gasteiger partial charge in [-0.25, -0.2) is 14.8 Å². The van der Waals surface area contributed by atoms with Crippen molar-refractivity contribution >= 4 is 11.8 Å². The molecule has 0 unspecified atom stereocenters. The van der Waals surface area contributed by atoms with Crippen molar-refractivity contribution in [1.29, 1.82) is 0 Å². The van der Waals surface area contributed by atoms with E-state index in [9.17, 15) is 9.90 Å². The second-order valence-electron chi connectivity index (χ2n) is 4.52. The summed E-state index contributed by atoms with van der Waals surface area (Å²) in [6.07, 6.45) is 1.40. The Hall–Kier alpha value is -1.69. The summed E-state index contributed by atoms with van der Waals surface area (Å²) in [6.45, 7) is 6.49. The van der Waals surface area contributed by atoms with Crippen LogP contribution in [0.4, 0.5) is 5.82 Å². The number of morpholine rings is 1. The van der Waals surface area contributed by atoms with Gasteiger partial charge in [0.2, 0.25) is 0 Å². The fourth-order valence-electron chi connectivity index (χ4n) is 1.83. The number of nitrogens with zero attached hydrogens (tertiary/aromatic N) is 3. The number of aromatic carboxylic acids is 1. The van der Waals surface area contributed by atoms with Crippen LogP contribution in [0.2, 0.25) is 0 Å². The fourth-order valence-corrected chi connectivity index (χ4v) is 1.83. The number of carboxylic acids is 1. The Balaban J connectivity index is 2.39. The quantitative estimate of drug-likeness (QED) is 0.868. The van der Waals surface area contributed by atoms with Crippen LogP contribution in [0.3, 0.4) is 0 Å². The number of ether oxygens (including phenoxy) is 1. The SMILES string of the molecule is CC(C)c1ncc(C(=O)O)c(N2CCOCC2)n1. The zero-order chi connectivity index (χ0) is 13.1. The lowest BCUT2D eigenvalue weighted by Crippen LogP contribution is -2.38. The van der Waals surface area contributed by atoms with Crippen LogP contribution in [0.25, 0.3) is 0 Å². The minimum absolute atomic E-state index is 0.154. The smallest absolute Gasteiger partial charge is 0.341 e. The minimum Gasteiger partial charge on any atom is -0.477 e. The van der Waals surface area contributed by atoms with Gasteiger partial charge in [0.1, 0.15) is 17.2 Å². The number of carbonyl (C=O) groups is 1. The van der Waals surface area contributed by atoms with Crippen molar-refractivity contribution in [2.75, 3.05) is 31.2 Å². The minimum atomic E-state index is -0.994. The molecule has 1 aliphatic rings. The van der Waals surface area contributed by atoms with E-state index in [0.29, 0.717) is 37.9 Å². The Kier molecular flexibility index (Phi) is 3.76. The number of carboxylic acid groups (broad SMARTS) is 1. The van der Waals surface area contributed by atoms with Gasteiger partial charge in [-0.15, -0.1) is 0 Å². The number of anilines is 1. The molecule has 0 aliphatic carbocycles. The number of hydrogen-bond donors (Lipinski definition) is 1. The van der Waals surface area contributed by atoms with Gasteiger partial charge in [0.05, 0.1) is 13.2 Å². The van der Waals surface area contributed by atoms with Gasteiger partial charge in [-0.1, -0.05) is 13.8 Å². The van der Waals surface area contributed by atoms with Crippen LogP contribution in [-0.4, -0.2) is 47.3 Å². The number of rotatable bonds is 3. The van der Waals surface area contributed by atoms with E-state index in [1.165, 1.54) is 6.20 Å². The third kappa shape index (κ3) is 2.59. The lowest BCUT2D eigenvalue weighted by atomic mass is 10.2. The van der Waals surface area contributed by atoms with E-state index in [1.54, 1.807) is 0 Å². The van der Waals surface area contributed by atoms with Gasteiger partial charge < -0.3 is 14.7 Å². The average molecular weight is 251 g/mol. The summed E-state index contributed by atoms with van der Waals surface area (Å²) in [6, 6.07) is 0. The van der Waals surface area contributed by atoms with Crippen molar-refractivity contribution < 1.29 is 14.6 Å². The molecule has 6 heteroatoms. The molecular weight excluding hydrogens is 234 g/mol. The number of aromatic nitrogens is 2. The van der Waals surface area contributed by atoms with Crippen molar-refractivity contribution in [3.63, 3.8) is 0 Å². The van der Waals surface area contributed by atoms with Gasteiger partial charge in [0.15, 0.2) is 0 Å². The summed E-state index contributed by atoms with van der Waals surface area (Å²) < 4.78 is 5.27. The highest BCUT2D eigenvalue weighted by atomic mass is 16.5. The molecule has 1 N–H and O–H groups in total. The topological polar surface area (TPSA) is 75.5 Å². The lowest BCUT2D eigenvalue weighted by molar-refractivity contribution is 0.0695. The fraction of sp³-hybridized carbons (Fsp3) is 0.583. The first-order chi connectivity index (χ1) is 8.59. The van der Waals surface area contributed by atoms with Gasteiger partial charge in [-0.05, 0) is 0 Å². The molecule has 0 spiro atoms. The molecule has 1 aromatic heterocycles. The molecule has 0 amide bonds. The van der Waals surface area contributed by atoms with E-state index in [1.807, 2.05) is 18.7 Å². The van der Waals surface area contributed by atoms with Gasteiger partial charge in [-0.2, -0.15) is 0 Å². The monoisotopic (exact) mass is 251 g/mol. The van der Waals surface area contributed by atoms with Crippen molar-refractivity contribution in [2.45, 2.75) is 19.8 Å². The van der Waals surface area contributed by atoms with E-state index >= 15 is 0 Å². The van der Waals surface area contributed by atoms with E-state index in [-0.39, 0.29) is 11.5 Å². The molecule has 6 nitrogen and oxygen atoms in total. The third-order valence-corrected chi connectivity index (χ3v) is 2.84. The van der Waals surface area contributed by atoms with Crippen LogP contribution in [-0.2, 0) is 4.74 Å². The van der Waals surface area contributed by atoms with Crippen LogP contribution < -0.4 is 4.90 Å². The van der Waals surface area contributed by atoms with E-state index < -0.39 is 5.97 Å². The highest BCUT2D eigenvalue weighted by Gasteiger charge is 2.21. The normalized spacial score (nSPS) is 16.1. The average Bonchev–Trinajstić information content (AvgIpc) is 2.39. The summed E-state index contributed by atoms with van der Waals surface area (Å²) >= 11 is 0. The molecule has 98 valence electrons. The van der Waals surface area contributed by atoms with Crippen molar-refractivity contribution in [3.05, 3.63) is 17.6 Å². The van der Waals surface area contributed by atoms with Gasteiger partial charge in [0, 0.05) is 25.2 Å². The van der Waals surface area contributed by atoms with Gasteiger partial charge >= 0.3 is 5.97 Å². The first-order valence-corrected chi connectivity index (χ1v) is 6.02.